The van der Waals surface area contributed by atoms with Crippen molar-refractivity contribution in [2.45, 2.75) is 12.2 Å². The lowest BCUT2D eigenvalue weighted by Gasteiger charge is -2.52. The highest BCUT2D eigenvalue weighted by Crippen LogP contribution is 2.44. The van der Waals surface area contributed by atoms with E-state index in [0.29, 0.717) is 24.0 Å². The van der Waals surface area contributed by atoms with Crippen LogP contribution in [0, 0.1) is 11.8 Å². The van der Waals surface area contributed by atoms with Crippen LogP contribution in [0.4, 0.5) is 0 Å². The van der Waals surface area contributed by atoms with Crippen LogP contribution < -0.4 is 0 Å². The third-order valence-electron chi connectivity index (χ3n) is 3.01. The Bertz CT molecular complexity index is 218. The van der Waals surface area contributed by atoms with Gasteiger partial charge in [0.1, 0.15) is 0 Å². The molecule has 0 aromatic rings. The fourth-order valence-electron chi connectivity index (χ4n) is 2.37. The van der Waals surface area contributed by atoms with E-state index in [2.05, 4.69) is 24.3 Å². The van der Waals surface area contributed by atoms with Crippen LogP contribution in [0.15, 0.2) is 24.3 Å². The molecule has 0 spiro atoms. The van der Waals surface area contributed by atoms with Crippen LogP contribution in [0.1, 0.15) is 0 Å². The van der Waals surface area contributed by atoms with E-state index < -0.39 is 0 Å². The molecule has 4 unspecified atom stereocenters. The molecule has 1 heterocycles. The summed E-state index contributed by atoms with van der Waals surface area (Å²) in [4.78, 5) is 0. The summed E-state index contributed by atoms with van der Waals surface area (Å²) in [5, 5.41) is 0. The molecule has 2 heteroatoms. The Morgan fingerprint density at radius 2 is 1.33 bits per heavy atom. The first-order chi connectivity index (χ1) is 5.97. The van der Waals surface area contributed by atoms with Gasteiger partial charge < -0.3 is 9.47 Å². The second-order valence-corrected chi connectivity index (χ2v) is 3.60. The van der Waals surface area contributed by atoms with E-state index >= 15 is 0 Å². The second kappa shape index (κ2) is 2.44. The van der Waals surface area contributed by atoms with E-state index in [1.54, 1.807) is 0 Å². The fraction of sp³-hybridized carbons (Fsp3) is 0.600. The maximum atomic E-state index is 5.64. The van der Waals surface area contributed by atoms with Crippen molar-refractivity contribution in [1.29, 1.82) is 0 Å². The number of hydrogen-bond acceptors (Lipinski definition) is 2. The summed E-state index contributed by atoms with van der Waals surface area (Å²) >= 11 is 0. The Kier molecular flexibility index (Phi) is 1.40. The topological polar surface area (TPSA) is 18.5 Å². The lowest BCUT2D eigenvalue weighted by Crippen LogP contribution is -2.60. The van der Waals surface area contributed by atoms with Crippen LogP contribution in [0.3, 0.4) is 0 Å². The van der Waals surface area contributed by atoms with E-state index in [9.17, 15) is 0 Å². The molecule has 0 aromatic carbocycles. The predicted octanol–water partition coefficient (Wildman–Crippen LogP) is 1.14. The molecule has 64 valence electrons. The molecule has 0 amide bonds. The van der Waals surface area contributed by atoms with Crippen molar-refractivity contribution >= 4 is 0 Å². The van der Waals surface area contributed by atoms with Gasteiger partial charge in [-0.15, -0.1) is 0 Å². The summed E-state index contributed by atoms with van der Waals surface area (Å²) in [6, 6.07) is 0. The van der Waals surface area contributed by atoms with Crippen molar-refractivity contribution in [3.63, 3.8) is 0 Å². The monoisotopic (exact) mass is 164 g/mol. The van der Waals surface area contributed by atoms with Gasteiger partial charge in [0.15, 0.2) is 0 Å². The molecule has 12 heavy (non-hydrogen) atoms. The summed E-state index contributed by atoms with van der Waals surface area (Å²) < 4.78 is 11.3. The second-order valence-electron chi connectivity index (χ2n) is 3.60. The molecule has 0 N–H and O–H groups in total. The fourth-order valence-corrected chi connectivity index (χ4v) is 2.37. The normalized spacial score (nSPS) is 49.3. The van der Waals surface area contributed by atoms with Crippen LogP contribution in [-0.4, -0.2) is 25.4 Å². The third kappa shape index (κ3) is 0.767. The number of ether oxygens (including phenoxy) is 2. The molecule has 0 radical (unpaired) electrons. The molecule has 1 aliphatic heterocycles. The van der Waals surface area contributed by atoms with E-state index in [4.69, 9.17) is 9.47 Å². The van der Waals surface area contributed by atoms with Gasteiger partial charge in [0.25, 0.3) is 0 Å². The number of fused-ring (bicyclic) bond motifs is 4. The van der Waals surface area contributed by atoms with Gasteiger partial charge in [0.05, 0.1) is 25.4 Å². The lowest BCUT2D eigenvalue weighted by molar-refractivity contribution is -0.228. The standard InChI is InChI=1S/C10H12O2/c1-2-4-8-7(3-1)9-10(8)12-6-5-11-9/h1-4,7-10H,5-6H2. The van der Waals surface area contributed by atoms with Crippen molar-refractivity contribution in [2.24, 2.45) is 11.8 Å². The summed E-state index contributed by atoms with van der Waals surface area (Å²) in [5.74, 6) is 1.17. The number of hydrogen-bond donors (Lipinski definition) is 0. The molecule has 3 aliphatic rings. The maximum Gasteiger partial charge on any atom is 0.0913 e. The number of allylic oxidation sites excluding steroid dienone is 2. The van der Waals surface area contributed by atoms with E-state index in [1.807, 2.05) is 0 Å². The molecular formula is C10H12O2. The molecule has 2 aliphatic carbocycles. The molecule has 0 bridgehead atoms. The zero-order valence-corrected chi connectivity index (χ0v) is 6.85. The Morgan fingerprint density at radius 3 is 1.83 bits per heavy atom. The van der Waals surface area contributed by atoms with Gasteiger partial charge in [0.2, 0.25) is 0 Å². The number of rotatable bonds is 0. The average Bonchev–Trinajstić information content (AvgIpc) is 2.14. The van der Waals surface area contributed by atoms with Gasteiger partial charge >= 0.3 is 0 Å². The molecular weight excluding hydrogens is 152 g/mol. The molecule has 2 fully saturated rings. The van der Waals surface area contributed by atoms with Crippen molar-refractivity contribution in [1.82, 2.24) is 0 Å². The first kappa shape index (κ1) is 6.87. The highest BCUT2D eigenvalue weighted by Gasteiger charge is 2.51. The van der Waals surface area contributed by atoms with Gasteiger partial charge in [-0.3, -0.25) is 0 Å². The molecule has 2 nitrogen and oxygen atoms in total. The van der Waals surface area contributed by atoms with E-state index in [1.165, 1.54) is 0 Å². The summed E-state index contributed by atoms with van der Waals surface area (Å²) in [7, 11) is 0. The first-order valence-corrected chi connectivity index (χ1v) is 4.55. The van der Waals surface area contributed by atoms with Crippen molar-refractivity contribution < 1.29 is 9.47 Å². The Morgan fingerprint density at radius 1 is 0.833 bits per heavy atom. The van der Waals surface area contributed by atoms with Gasteiger partial charge in [-0.1, -0.05) is 24.3 Å². The molecule has 0 aromatic heterocycles. The first-order valence-electron chi connectivity index (χ1n) is 4.55. The van der Waals surface area contributed by atoms with Crippen LogP contribution in [0.5, 0.6) is 0 Å². The third-order valence-corrected chi connectivity index (χ3v) is 3.01. The predicted molar refractivity (Wildman–Crippen MR) is 44.7 cm³/mol. The van der Waals surface area contributed by atoms with Gasteiger partial charge in [-0.25, -0.2) is 0 Å². The minimum atomic E-state index is 0.338. The van der Waals surface area contributed by atoms with Crippen molar-refractivity contribution in [2.75, 3.05) is 13.2 Å². The largest absolute Gasteiger partial charge is 0.372 e. The Balaban J connectivity index is 1.83. The zero-order chi connectivity index (χ0) is 7.97. The van der Waals surface area contributed by atoms with Gasteiger partial charge in [-0.2, -0.15) is 0 Å². The van der Waals surface area contributed by atoms with Crippen molar-refractivity contribution in [3.8, 4) is 0 Å². The van der Waals surface area contributed by atoms with Crippen LogP contribution >= 0.6 is 0 Å². The molecule has 3 rings (SSSR count). The average molecular weight is 164 g/mol. The summed E-state index contributed by atoms with van der Waals surface area (Å²) in [5.41, 5.74) is 0. The summed E-state index contributed by atoms with van der Waals surface area (Å²) in [6.45, 7) is 1.53. The minimum absolute atomic E-state index is 0.338. The van der Waals surface area contributed by atoms with E-state index in [-0.39, 0.29) is 0 Å². The molecule has 4 atom stereocenters. The molecule has 1 saturated heterocycles. The Hall–Kier alpha value is -0.600. The zero-order valence-electron chi connectivity index (χ0n) is 6.85. The van der Waals surface area contributed by atoms with Crippen molar-refractivity contribution in [3.05, 3.63) is 24.3 Å². The van der Waals surface area contributed by atoms with Crippen LogP contribution in [0.2, 0.25) is 0 Å². The Labute approximate surface area is 71.9 Å². The highest BCUT2D eigenvalue weighted by molar-refractivity contribution is 5.24. The minimum Gasteiger partial charge on any atom is -0.372 e. The smallest absolute Gasteiger partial charge is 0.0913 e. The maximum absolute atomic E-state index is 5.64. The van der Waals surface area contributed by atoms with Gasteiger partial charge in [-0.05, 0) is 0 Å². The van der Waals surface area contributed by atoms with Gasteiger partial charge in [0, 0.05) is 11.8 Å². The van der Waals surface area contributed by atoms with E-state index in [0.717, 1.165) is 13.2 Å². The van der Waals surface area contributed by atoms with Crippen LogP contribution in [-0.2, 0) is 9.47 Å². The quantitative estimate of drug-likeness (QED) is 0.534. The molecule has 1 saturated carbocycles. The summed E-state index contributed by atoms with van der Waals surface area (Å²) in [6.07, 6.45) is 9.36. The van der Waals surface area contributed by atoms with Crippen LogP contribution in [0.25, 0.3) is 0 Å². The highest BCUT2D eigenvalue weighted by atomic mass is 16.6. The lowest BCUT2D eigenvalue weighted by atomic mass is 9.66. The SMILES string of the molecule is C1=CC2C(C=C1)C1OCCOC21.